The van der Waals surface area contributed by atoms with Crippen LogP contribution in [0.5, 0.6) is 0 Å². The number of nitrogens with one attached hydrogen (secondary N) is 1. The van der Waals surface area contributed by atoms with Crippen molar-refractivity contribution in [1.29, 1.82) is 0 Å². The molecule has 171 valence electrons. The molecule has 3 rings (SSSR count). The molecule has 0 aromatic heterocycles. The van der Waals surface area contributed by atoms with Crippen molar-refractivity contribution >= 4 is 12.0 Å². The first kappa shape index (κ1) is 28.1. The minimum Gasteiger partial charge on any atom is -0.516 e. The Morgan fingerprint density at radius 3 is 2.12 bits per heavy atom. The van der Waals surface area contributed by atoms with Crippen LogP contribution in [-0.4, -0.2) is 16.5 Å². The molecular formula is C21H19F6NO3Y. The van der Waals surface area contributed by atoms with E-state index in [-0.39, 0.29) is 44.3 Å². The van der Waals surface area contributed by atoms with Crippen molar-refractivity contribution < 1.29 is 74.4 Å². The first-order chi connectivity index (χ1) is 14.0. The van der Waals surface area contributed by atoms with Crippen LogP contribution in [0.25, 0.3) is 6.08 Å². The van der Waals surface area contributed by atoms with E-state index < -0.39 is 41.0 Å². The van der Waals surface area contributed by atoms with E-state index in [0.29, 0.717) is 31.4 Å². The van der Waals surface area contributed by atoms with E-state index in [1.807, 2.05) is 6.07 Å². The molecule has 0 saturated carbocycles. The van der Waals surface area contributed by atoms with E-state index in [4.69, 9.17) is 5.11 Å². The molecule has 2 aromatic rings. The molecule has 2 aromatic carbocycles. The predicted octanol–water partition coefficient (Wildman–Crippen LogP) is 5.23. The molecule has 0 spiro atoms. The van der Waals surface area contributed by atoms with E-state index in [1.54, 1.807) is 12.1 Å². The Hall–Kier alpha value is -1.91. The zero-order valence-corrected chi connectivity index (χ0v) is 19.4. The standard InChI is InChI=1S/C21H17F6NO2.H2O.Y/c22-20(23,24)15-9-14(10-16(11-15)21(25,26)27)19(30)28-18-3-1-2-13-8-12(6-7-29)4-5-17(13)18;;/h4-11,18,29H,1-3H2,(H,28,30);1H2;/b7-6+;;. The van der Waals surface area contributed by atoms with E-state index in [1.165, 1.54) is 6.08 Å². The van der Waals surface area contributed by atoms with E-state index in [9.17, 15) is 31.1 Å². The molecule has 1 unspecified atom stereocenters. The summed E-state index contributed by atoms with van der Waals surface area (Å²) in [5, 5.41) is 11.4. The normalized spacial score (nSPS) is 16.0. The van der Waals surface area contributed by atoms with Crippen molar-refractivity contribution in [2.45, 2.75) is 37.7 Å². The average Bonchev–Trinajstić information content (AvgIpc) is 2.66. The molecule has 0 saturated heterocycles. The van der Waals surface area contributed by atoms with Crippen LogP contribution < -0.4 is 5.32 Å². The topological polar surface area (TPSA) is 80.8 Å². The predicted molar refractivity (Wildman–Crippen MR) is 101 cm³/mol. The van der Waals surface area contributed by atoms with Gasteiger partial charge in [0, 0.05) is 38.3 Å². The van der Waals surface area contributed by atoms with Gasteiger partial charge < -0.3 is 15.9 Å². The maximum absolute atomic E-state index is 13.0. The second-order valence-corrected chi connectivity index (χ2v) is 6.99. The Morgan fingerprint density at radius 2 is 1.59 bits per heavy atom. The first-order valence-corrected chi connectivity index (χ1v) is 9.03. The van der Waals surface area contributed by atoms with E-state index >= 15 is 0 Å². The summed E-state index contributed by atoms with van der Waals surface area (Å²) in [5.41, 5.74) is -1.41. The second kappa shape index (κ2) is 10.8. The first-order valence-electron chi connectivity index (χ1n) is 9.03. The number of aliphatic hydroxyl groups excluding tert-OH is 1. The van der Waals surface area contributed by atoms with Crippen LogP contribution in [0.3, 0.4) is 0 Å². The number of rotatable bonds is 3. The number of alkyl halides is 6. The SMILES string of the molecule is O.O=C(NC1CCCc2cc(/C=C/O)ccc21)c1cc(C(F)(F)F)cc(C(F)(F)F)c1.[Y]. The molecule has 4 N–H and O–H groups in total. The molecule has 1 radical (unpaired) electrons. The van der Waals surface area contributed by atoms with Gasteiger partial charge in [-0.1, -0.05) is 18.2 Å². The molecule has 0 heterocycles. The molecule has 11 heteroatoms. The van der Waals surface area contributed by atoms with Gasteiger partial charge in [-0.15, -0.1) is 0 Å². The maximum atomic E-state index is 13.0. The third-order valence-corrected chi connectivity index (χ3v) is 4.90. The number of benzene rings is 2. The minimum absolute atomic E-state index is 0. The summed E-state index contributed by atoms with van der Waals surface area (Å²) in [5.74, 6) is -1.01. The van der Waals surface area contributed by atoms with Gasteiger partial charge in [0.25, 0.3) is 5.91 Å². The van der Waals surface area contributed by atoms with Crippen LogP contribution in [0.2, 0.25) is 0 Å². The Balaban J connectivity index is 0.00000256. The van der Waals surface area contributed by atoms with Gasteiger partial charge in [-0.05, 0) is 60.2 Å². The average molecular weight is 536 g/mol. The van der Waals surface area contributed by atoms with Gasteiger partial charge in [0.1, 0.15) is 0 Å². The summed E-state index contributed by atoms with van der Waals surface area (Å²) >= 11 is 0. The fourth-order valence-electron chi connectivity index (χ4n) is 3.50. The zero-order valence-electron chi connectivity index (χ0n) is 16.5. The summed E-state index contributed by atoms with van der Waals surface area (Å²) in [7, 11) is 0. The number of hydrogen-bond acceptors (Lipinski definition) is 2. The number of aliphatic hydroxyl groups is 1. The van der Waals surface area contributed by atoms with Gasteiger partial charge in [0.05, 0.1) is 23.4 Å². The largest absolute Gasteiger partial charge is 0.516 e. The zero-order chi connectivity index (χ0) is 22.1. The molecule has 0 fully saturated rings. The summed E-state index contributed by atoms with van der Waals surface area (Å²) in [6, 6.07) is 5.52. The van der Waals surface area contributed by atoms with E-state index in [2.05, 4.69) is 5.32 Å². The molecular weight excluding hydrogens is 517 g/mol. The van der Waals surface area contributed by atoms with Gasteiger partial charge in [-0.25, -0.2) is 0 Å². The maximum Gasteiger partial charge on any atom is 0.416 e. The summed E-state index contributed by atoms with van der Waals surface area (Å²) in [6.07, 6.45) is -5.80. The summed E-state index contributed by atoms with van der Waals surface area (Å²) in [4.78, 5) is 12.6. The van der Waals surface area contributed by atoms with Crippen LogP contribution in [0.15, 0.2) is 42.7 Å². The van der Waals surface area contributed by atoms with Gasteiger partial charge in [-0.3, -0.25) is 4.79 Å². The number of hydrogen-bond donors (Lipinski definition) is 2. The third kappa shape index (κ3) is 6.55. The van der Waals surface area contributed by atoms with Gasteiger partial charge in [-0.2, -0.15) is 26.3 Å². The number of amides is 1. The van der Waals surface area contributed by atoms with Crippen LogP contribution in [0, 0.1) is 0 Å². The van der Waals surface area contributed by atoms with Crippen molar-refractivity contribution in [2.75, 3.05) is 0 Å². The fraction of sp³-hybridized carbons (Fsp3) is 0.286. The summed E-state index contributed by atoms with van der Waals surface area (Å²) in [6.45, 7) is 0. The van der Waals surface area contributed by atoms with Gasteiger partial charge in [0.15, 0.2) is 0 Å². The van der Waals surface area contributed by atoms with E-state index in [0.717, 1.165) is 23.0 Å². The van der Waals surface area contributed by atoms with Gasteiger partial charge >= 0.3 is 12.4 Å². The molecule has 1 aliphatic carbocycles. The summed E-state index contributed by atoms with van der Waals surface area (Å²) < 4.78 is 78.2. The van der Waals surface area contributed by atoms with Crippen molar-refractivity contribution in [1.82, 2.24) is 5.32 Å². The smallest absolute Gasteiger partial charge is 0.416 e. The second-order valence-electron chi connectivity index (χ2n) is 6.99. The van der Waals surface area contributed by atoms with Crippen molar-refractivity contribution in [3.8, 4) is 0 Å². The molecule has 1 aliphatic rings. The number of fused-ring (bicyclic) bond motifs is 1. The Bertz CT molecular complexity index is 956. The minimum atomic E-state index is -5.02. The molecule has 0 bridgehead atoms. The fourth-order valence-corrected chi connectivity index (χ4v) is 3.50. The Labute approximate surface area is 204 Å². The van der Waals surface area contributed by atoms with Crippen molar-refractivity contribution in [3.05, 3.63) is 76.0 Å². The molecule has 0 aliphatic heterocycles. The number of aryl methyl sites for hydroxylation is 1. The molecule has 32 heavy (non-hydrogen) atoms. The molecule has 1 amide bonds. The van der Waals surface area contributed by atoms with Crippen LogP contribution in [-0.2, 0) is 51.5 Å². The van der Waals surface area contributed by atoms with Crippen LogP contribution >= 0.6 is 0 Å². The third-order valence-electron chi connectivity index (χ3n) is 4.90. The Kier molecular flexibility index (Phi) is 9.50. The molecule has 1 atom stereocenters. The van der Waals surface area contributed by atoms with Crippen LogP contribution in [0.1, 0.15) is 57.1 Å². The van der Waals surface area contributed by atoms with Crippen molar-refractivity contribution in [3.63, 3.8) is 0 Å². The molecule has 4 nitrogen and oxygen atoms in total. The van der Waals surface area contributed by atoms with Gasteiger partial charge in [0.2, 0.25) is 0 Å². The quantitative estimate of drug-likeness (QED) is 0.416. The Morgan fingerprint density at radius 1 is 1.00 bits per heavy atom. The monoisotopic (exact) mass is 536 g/mol. The number of halogens is 6. The number of carbonyl (C=O) groups is 1. The van der Waals surface area contributed by atoms with Crippen LogP contribution in [0.4, 0.5) is 26.3 Å². The number of carbonyl (C=O) groups excluding carboxylic acids is 1. The van der Waals surface area contributed by atoms with Crippen molar-refractivity contribution in [2.24, 2.45) is 0 Å².